The fourth-order valence-electron chi connectivity index (χ4n) is 0.757. The number of hydrogen-bond acceptors (Lipinski definition) is 0. The van der Waals surface area contributed by atoms with Crippen LogP contribution in [0, 0.1) is 18.3 Å². The molecule has 0 N–H and O–H groups in total. The van der Waals surface area contributed by atoms with Gasteiger partial charge in [-0.2, -0.15) is 0 Å². The topological polar surface area (TPSA) is 0 Å². The molecule has 1 aliphatic rings. The van der Waals surface area contributed by atoms with Gasteiger partial charge in [-0.25, -0.2) is 8.78 Å². The summed E-state index contributed by atoms with van der Waals surface area (Å²) in [6.07, 6.45) is 0. The van der Waals surface area contributed by atoms with Crippen LogP contribution in [0.25, 0.3) is 0 Å². The number of halogens is 2. The van der Waals surface area contributed by atoms with Crippen LogP contribution in [0.15, 0.2) is 0 Å². The van der Waals surface area contributed by atoms with Gasteiger partial charge in [0.05, 0.1) is 0 Å². The Morgan fingerprint density at radius 1 is 1.38 bits per heavy atom. The maximum Gasteiger partial charge on any atom is 0.257 e. The summed E-state index contributed by atoms with van der Waals surface area (Å²) < 4.78 is 24.5. The molecule has 0 nitrogen and oxygen atoms in total. The maximum atomic E-state index is 12.2. The standard InChI is InChI=1S/C6H9F2/c1-4-5(2,3)6(4,7)8/h4H,1H2,2-3H3. The first kappa shape index (κ1) is 5.99. The summed E-state index contributed by atoms with van der Waals surface area (Å²) in [5, 5.41) is 0. The van der Waals surface area contributed by atoms with Crippen molar-refractivity contribution in [3.63, 3.8) is 0 Å². The minimum absolute atomic E-state index is 0.671. The first-order chi connectivity index (χ1) is 3.40. The highest BCUT2D eigenvalue weighted by Crippen LogP contribution is 2.64. The third-order valence-electron chi connectivity index (χ3n) is 2.08. The lowest BCUT2D eigenvalue weighted by atomic mass is 10.1. The zero-order chi connectivity index (χ0) is 6.58. The van der Waals surface area contributed by atoms with E-state index in [2.05, 4.69) is 6.92 Å². The zero-order valence-electron chi connectivity index (χ0n) is 5.04. The second-order valence-electron chi connectivity index (χ2n) is 2.90. The normalized spacial score (nSPS) is 39.4. The molecule has 0 aromatic carbocycles. The Bertz CT molecular complexity index is 102. The number of alkyl halides is 2. The van der Waals surface area contributed by atoms with Crippen LogP contribution in [0.5, 0.6) is 0 Å². The summed E-state index contributed by atoms with van der Waals surface area (Å²) in [5.41, 5.74) is -0.840. The first-order valence-electron chi connectivity index (χ1n) is 2.61. The molecule has 0 saturated heterocycles. The third-order valence-corrected chi connectivity index (χ3v) is 2.08. The average Bonchev–Trinajstić information content (AvgIpc) is 1.88. The van der Waals surface area contributed by atoms with E-state index in [4.69, 9.17) is 0 Å². The molecule has 0 aromatic rings. The van der Waals surface area contributed by atoms with Crippen molar-refractivity contribution in [1.82, 2.24) is 0 Å². The summed E-state index contributed by atoms with van der Waals surface area (Å²) in [5.74, 6) is -3.18. The molecule has 1 rings (SSSR count). The van der Waals surface area contributed by atoms with Crippen LogP contribution in [-0.4, -0.2) is 5.92 Å². The minimum Gasteiger partial charge on any atom is -0.206 e. The van der Waals surface area contributed by atoms with Gasteiger partial charge in [0.25, 0.3) is 5.92 Å². The van der Waals surface area contributed by atoms with Crippen LogP contribution in [0.3, 0.4) is 0 Å². The molecule has 2 heteroatoms. The Hall–Kier alpha value is -0.140. The summed E-state index contributed by atoms with van der Waals surface area (Å²) in [6.45, 7) is 6.37. The van der Waals surface area contributed by atoms with Gasteiger partial charge < -0.3 is 0 Å². The predicted octanol–water partition coefficient (Wildman–Crippen LogP) is 2.11. The molecule has 8 heavy (non-hydrogen) atoms. The summed E-state index contributed by atoms with van der Waals surface area (Å²) in [6, 6.07) is 0. The fourth-order valence-corrected chi connectivity index (χ4v) is 0.757. The Morgan fingerprint density at radius 2 is 1.50 bits per heavy atom. The molecule has 1 saturated carbocycles. The molecule has 1 atom stereocenters. The Labute approximate surface area is 47.9 Å². The van der Waals surface area contributed by atoms with Crippen LogP contribution < -0.4 is 0 Å². The third kappa shape index (κ3) is 0.389. The van der Waals surface area contributed by atoms with Crippen molar-refractivity contribution in [3.05, 3.63) is 6.92 Å². The molecule has 1 fully saturated rings. The van der Waals surface area contributed by atoms with Gasteiger partial charge in [-0.1, -0.05) is 13.8 Å². The maximum absolute atomic E-state index is 12.2. The van der Waals surface area contributed by atoms with E-state index in [-0.39, 0.29) is 0 Å². The summed E-state index contributed by atoms with van der Waals surface area (Å²) in [7, 11) is 0. The molecular weight excluding hydrogens is 110 g/mol. The lowest BCUT2D eigenvalue weighted by molar-refractivity contribution is 0.0703. The zero-order valence-corrected chi connectivity index (χ0v) is 5.04. The van der Waals surface area contributed by atoms with E-state index >= 15 is 0 Å². The lowest BCUT2D eigenvalue weighted by Crippen LogP contribution is -1.99. The van der Waals surface area contributed by atoms with Crippen molar-refractivity contribution in [3.8, 4) is 0 Å². The van der Waals surface area contributed by atoms with E-state index in [1.54, 1.807) is 0 Å². The Kier molecular flexibility index (Phi) is 0.798. The molecule has 47 valence electrons. The van der Waals surface area contributed by atoms with Gasteiger partial charge in [0.1, 0.15) is 0 Å². The fraction of sp³-hybridized carbons (Fsp3) is 0.833. The second kappa shape index (κ2) is 1.07. The number of rotatable bonds is 0. The van der Waals surface area contributed by atoms with Crippen molar-refractivity contribution in [1.29, 1.82) is 0 Å². The molecule has 0 aliphatic heterocycles. The Balaban J connectivity index is 2.72. The van der Waals surface area contributed by atoms with Gasteiger partial charge in [0, 0.05) is 11.3 Å². The van der Waals surface area contributed by atoms with E-state index in [9.17, 15) is 8.78 Å². The van der Waals surface area contributed by atoms with Crippen LogP contribution in [0.2, 0.25) is 0 Å². The van der Waals surface area contributed by atoms with Crippen molar-refractivity contribution < 1.29 is 8.78 Å². The van der Waals surface area contributed by atoms with E-state index in [1.165, 1.54) is 13.8 Å². The SMILES string of the molecule is [CH2]C1C(C)(C)C1(F)F. The highest BCUT2D eigenvalue weighted by Gasteiger charge is 2.72. The highest BCUT2D eigenvalue weighted by molar-refractivity contribution is 5.14. The molecular formula is C6H9F2. The van der Waals surface area contributed by atoms with Crippen molar-refractivity contribution >= 4 is 0 Å². The van der Waals surface area contributed by atoms with E-state index in [1.807, 2.05) is 0 Å². The molecule has 1 radical (unpaired) electrons. The molecule has 0 bridgehead atoms. The van der Waals surface area contributed by atoms with E-state index in [0.29, 0.717) is 0 Å². The summed E-state index contributed by atoms with van der Waals surface area (Å²) >= 11 is 0. The smallest absolute Gasteiger partial charge is 0.206 e. The lowest BCUT2D eigenvalue weighted by Gasteiger charge is -1.96. The largest absolute Gasteiger partial charge is 0.257 e. The van der Waals surface area contributed by atoms with Crippen LogP contribution in [0.1, 0.15) is 13.8 Å². The molecule has 1 aliphatic carbocycles. The van der Waals surface area contributed by atoms with Gasteiger partial charge in [-0.3, -0.25) is 0 Å². The number of hydrogen-bond donors (Lipinski definition) is 0. The minimum atomic E-state index is -2.51. The van der Waals surface area contributed by atoms with Crippen LogP contribution in [-0.2, 0) is 0 Å². The molecule has 0 heterocycles. The van der Waals surface area contributed by atoms with Crippen molar-refractivity contribution in [2.45, 2.75) is 19.8 Å². The van der Waals surface area contributed by atoms with Gasteiger partial charge in [-0.15, -0.1) is 0 Å². The van der Waals surface area contributed by atoms with E-state index < -0.39 is 17.3 Å². The van der Waals surface area contributed by atoms with Gasteiger partial charge in [-0.05, 0) is 6.92 Å². The van der Waals surface area contributed by atoms with Crippen LogP contribution in [0.4, 0.5) is 8.78 Å². The van der Waals surface area contributed by atoms with Crippen LogP contribution >= 0.6 is 0 Å². The molecule has 0 aromatic heterocycles. The van der Waals surface area contributed by atoms with Gasteiger partial charge >= 0.3 is 0 Å². The highest BCUT2D eigenvalue weighted by atomic mass is 19.3. The van der Waals surface area contributed by atoms with Crippen molar-refractivity contribution in [2.24, 2.45) is 11.3 Å². The quantitative estimate of drug-likeness (QED) is 0.458. The monoisotopic (exact) mass is 119 g/mol. The summed E-state index contributed by atoms with van der Waals surface area (Å²) in [4.78, 5) is 0. The van der Waals surface area contributed by atoms with Gasteiger partial charge in [0.15, 0.2) is 0 Å². The first-order valence-corrected chi connectivity index (χ1v) is 2.61. The molecule has 0 amide bonds. The van der Waals surface area contributed by atoms with E-state index in [0.717, 1.165) is 0 Å². The Morgan fingerprint density at radius 3 is 1.50 bits per heavy atom. The van der Waals surface area contributed by atoms with Gasteiger partial charge in [0.2, 0.25) is 0 Å². The average molecular weight is 119 g/mol. The molecule has 1 unspecified atom stereocenters. The predicted molar refractivity (Wildman–Crippen MR) is 27.6 cm³/mol. The second-order valence-corrected chi connectivity index (χ2v) is 2.90. The molecule has 0 spiro atoms. The van der Waals surface area contributed by atoms with Crippen molar-refractivity contribution in [2.75, 3.05) is 0 Å².